The van der Waals surface area contributed by atoms with Crippen LogP contribution in [0.3, 0.4) is 0 Å². The van der Waals surface area contributed by atoms with Crippen LogP contribution in [-0.4, -0.2) is 33.2 Å². The minimum absolute atomic E-state index is 0.0397. The van der Waals surface area contributed by atoms with Crippen molar-refractivity contribution >= 4 is 5.91 Å². The highest BCUT2D eigenvalue weighted by Gasteiger charge is 2.06. The molecule has 0 saturated carbocycles. The van der Waals surface area contributed by atoms with Crippen LogP contribution >= 0.6 is 0 Å². The lowest BCUT2D eigenvalue weighted by molar-refractivity contribution is -0.121. The van der Waals surface area contributed by atoms with Gasteiger partial charge in [-0.1, -0.05) is 6.07 Å². The second kappa shape index (κ2) is 8.37. The van der Waals surface area contributed by atoms with E-state index in [2.05, 4.69) is 5.32 Å². The summed E-state index contributed by atoms with van der Waals surface area (Å²) in [5.41, 5.74) is 6.40. The Labute approximate surface area is 114 Å². The number of amides is 1. The van der Waals surface area contributed by atoms with Gasteiger partial charge in [-0.15, -0.1) is 0 Å². The van der Waals surface area contributed by atoms with Crippen LogP contribution in [-0.2, 0) is 11.2 Å². The molecule has 5 heteroatoms. The first-order valence-electron chi connectivity index (χ1n) is 6.39. The Hall–Kier alpha value is -1.75. The predicted octanol–water partition coefficient (Wildman–Crippen LogP) is 1.10. The van der Waals surface area contributed by atoms with Crippen molar-refractivity contribution in [1.82, 2.24) is 5.32 Å². The smallest absolute Gasteiger partial charge is 0.220 e. The zero-order valence-electron chi connectivity index (χ0n) is 11.6. The number of methoxy groups -OCH3 is 2. The maximum absolute atomic E-state index is 11.4. The van der Waals surface area contributed by atoms with E-state index in [9.17, 15) is 4.79 Å². The Kier molecular flexibility index (Phi) is 6.74. The first kappa shape index (κ1) is 15.3. The quantitative estimate of drug-likeness (QED) is 0.739. The first-order chi connectivity index (χ1) is 9.21. The Morgan fingerprint density at radius 1 is 1.32 bits per heavy atom. The number of rotatable bonds is 8. The van der Waals surface area contributed by atoms with Crippen molar-refractivity contribution in [1.29, 1.82) is 0 Å². The number of benzene rings is 1. The van der Waals surface area contributed by atoms with E-state index in [1.807, 2.05) is 18.2 Å². The molecule has 0 aliphatic heterocycles. The number of nitrogens with one attached hydrogen (secondary N) is 1. The molecule has 0 bridgehead atoms. The van der Waals surface area contributed by atoms with Crippen molar-refractivity contribution in [3.8, 4) is 11.5 Å². The Balaban J connectivity index is 2.46. The van der Waals surface area contributed by atoms with Crippen LogP contribution in [0, 0.1) is 0 Å². The molecule has 19 heavy (non-hydrogen) atoms. The lowest BCUT2D eigenvalue weighted by Crippen LogP contribution is -2.26. The van der Waals surface area contributed by atoms with Crippen molar-refractivity contribution in [2.75, 3.05) is 27.3 Å². The first-order valence-corrected chi connectivity index (χ1v) is 6.39. The molecule has 0 atom stereocenters. The summed E-state index contributed by atoms with van der Waals surface area (Å²) < 4.78 is 10.4. The highest BCUT2D eigenvalue weighted by Crippen LogP contribution is 2.24. The van der Waals surface area contributed by atoms with Crippen molar-refractivity contribution in [2.24, 2.45) is 5.73 Å². The molecule has 0 heterocycles. The second-order valence-corrected chi connectivity index (χ2v) is 4.17. The largest absolute Gasteiger partial charge is 0.497 e. The van der Waals surface area contributed by atoms with Gasteiger partial charge in [0.15, 0.2) is 0 Å². The molecule has 1 amide bonds. The van der Waals surface area contributed by atoms with Gasteiger partial charge in [0.2, 0.25) is 5.91 Å². The van der Waals surface area contributed by atoms with E-state index in [1.54, 1.807) is 14.2 Å². The zero-order valence-corrected chi connectivity index (χ0v) is 11.6. The normalized spacial score (nSPS) is 10.1. The van der Waals surface area contributed by atoms with Crippen LogP contribution in [0.25, 0.3) is 0 Å². The Morgan fingerprint density at radius 2 is 2.11 bits per heavy atom. The summed E-state index contributed by atoms with van der Waals surface area (Å²) in [4.78, 5) is 11.4. The fourth-order valence-electron chi connectivity index (χ4n) is 1.75. The third-order valence-electron chi connectivity index (χ3n) is 2.82. The molecule has 0 unspecified atom stereocenters. The highest BCUT2D eigenvalue weighted by atomic mass is 16.5. The molecule has 0 aromatic heterocycles. The molecule has 0 spiro atoms. The van der Waals surface area contributed by atoms with E-state index in [0.29, 0.717) is 19.5 Å². The van der Waals surface area contributed by atoms with E-state index >= 15 is 0 Å². The lowest BCUT2D eigenvalue weighted by Gasteiger charge is -2.11. The number of ether oxygens (including phenoxy) is 2. The van der Waals surface area contributed by atoms with Gasteiger partial charge in [0.25, 0.3) is 0 Å². The molecule has 5 nitrogen and oxygen atoms in total. The van der Waals surface area contributed by atoms with Crippen molar-refractivity contribution in [3.05, 3.63) is 23.8 Å². The average Bonchev–Trinajstić information content (AvgIpc) is 2.45. The van der Waals surface area contributed by atoms with Gasteiger partial charge >= 0.3 is 0 Å². The van der Waals surface area contributed by atoms with Crippen molar-refractivity contribution in [3.63, 3.8) is 0 Å². The van der Waals surface area contributed by atoms with Crippen molar-refractivity contribution < 1.29 is 14.3 Å². The third-order valence-corrected chi connectivity index (χ3v) is 2.82. The molecule has 1 rings (SSSR count). The second-order valence-electron chi connectivity index (χ2n) is 4.17. The van der Waals surface area contributed by atoms with Gasteiger partial charge < -0.3 is 20.5 Å². The van der Waals surface area contributed by atoms with Gasteiger partial charge in [-0.25, -0.2) is 0 Å². The summed E-state index contributed by atoms with van der Waals surface area (Å²) in [6.07, 6.45) is 1.93. The predicted molar refractivity (Wildman–Crippen MR) is 74.5 cm³/mol. The molecule has 0 aliphatic rings. The van der Waals surface area contributed by atoms with E-state index in [4.69, 9.17) is 15.2 Å². The molecule has 1 aromatic rings. The van der Waals surface area contributed by atoms with Gasteiger partial charge in [-0.2, -0.15) is 0 Å². The van der Waals surface area contributed by atoms with Gasteiger partial charge in [-0.05, 0) is 31.0 Å². The van der Waals surface area contributed by atoms with Crippen LogP contribution in [0.1, 0.15) is 18.4 Å². The number of hydrogen-bond donors (Lipinski definition) is 2. The molecule has 0 radical (unpaired) electrons. The van der Waals surface area contributed by atoms with Crippen LogP contribution < -0.4 is 20.5 Å². The summed E-state index contributed by atoms with van der Waals surface area (Å²) in [5, 5.41) is 2.86. The summed E-state index contributed by atoms with van der Waals surface area (Å²) in [5.74, 6) is 1.57. The highest BCUT2D eigenvalue weighted by molar-refractivity contribution is 5.75. The van der Waals surface area contributed by atoms with Crippen LogP contribution in [0.2, 0.25) is 0 Å². The van der Waals surface area contributed by atoms with Crippen molar-refractivity contribution in [2.45, 2.75) is 19.3 Å². The van der Waals surface area contributed by atoms with Gasteiger partial charge in [-0.3, -0.25) is 4.79 Å². The Bertz CT molecular complexity index is 408. The summed E-state index contributed by atoms with van der Waals surface area (Å²) in [6.45, 7) is 1.13. The van der Waals surface area contributed by atoms with Gasteiger partial charge in [0, 0.05) is 19.0 Å². The lowest BCUT2D eigenvalue weighted by atomic mass is 10.1. The molecule has 3 N–H and O–H groups in total. The molecule has 0 saturated heterocycles. The number of hydrogen-bond acceptors (Lipinski definition) is 4. The SMILES string of the molecule is COc1ccc(CCNC(=O)CCCN)c(OC)c1. The fraction of sp³-hybridized carbons (Fsp3) is 0.500. The molecule has 106 valence electrons. The number of carbonyl (C=O) groups is 1. The van der Waals surface area contributed by atoms with Crippen LogP contribution in [0.5, 0.6) is 11.5 Å². The third kappa shape index (κ3) is 5.18. The van der Waals surface area contributed by atoms with Gasteiger partial charge in [0.1, 0.15) is 11.5 Å². The fourth-order valence-corrected chi connectivity index (χ4v) is 1.75. The van der Waals surface area contributed by atoms with E-state index < -0.39 is 0 Å². The van der Waals surface area contributed by atoms with E-state index in [-0.39, 0.29) is 5.91 Å². The van der Waals surface area contributed by atoms with Crippen LogP contribution in [0.15, 0.2) is 18.2 Å². The molecule has 0 fully saturated rings. The standard InChI is InChI=1S/C14H22N2O3/c1-18-12-6-5-11(13(10-12)19-2)7-9-16-14(17)4-3-8-15/h5-6,10H,3-4,7-9,15H2,1-2H3,(H,16,17). The average molecular weight is 266 g/mol. The van der Waals surface area contributed by atoms with E-state index in [0.717, 1.165) is 29.9 Å². The molecular weight excluding hydrogens is 244 g/mol. The monoisotopic (exact) mass is 266 g/mol. The van der Waals surface area contributed by atoms with Gasteiger partial charge in [0.05, 0.1) is 14.2 Å². The maximum atomic E-state index is 11.4. The molecular formula is C14H22N2O3. The number of carbonyl (C=O) groups excluding carboxylic acids is 1. The summed E-state index contributed by atoms with van der Waals surface area (Å²) in [7, 11) is 3.24. The number of nitrogens with two attached hydrogens (primary N) is 1. The molecule has 1 aromatic carbocycles. The minimum atomic E-state index is 0.0397. The summed E-state index contributed by atoms with van der Waals surface area (Å²) >= 11 is 0. The Morgan fingerprint density at radius 3 is 2.74 bits per heavy atom. The maximum Gasteiger partial charge on any atom is 0.220 e. The molecule has 0 aliphatic carbocycles. The summed E-state index contributed by atoms with van der Waals surface area (Å²) in [6, 6.07) is 5.67. The zero-order chi connectivity index (χ0) is 14.1. The topological polar surface area (TPSA) is 73.6 Å². The minimum Gasteiger partial charge on any atom is -0.497 e. The van der Waals surface area contributed by atoms with Crippen LogP contribution in [0.4, 0.5) is 0 Å². The van der Waals surface area contributed by atoms with E-state index in [1.165, 1.54) is 0 Å².